The van der Waals surface area contributed by atoms with Crippen molar-refractivity contribution in [3.63, 3.8) is 0 Å². The molecular formula is C24H28FN5O3. The van der Waals surface area contributed by atoms with Crippen molar-refractivity contribution in [3.8, 4) is 0 Å². The van der Waals surface area contributed by atoms with E-state index in [2.05, 4.69) is 15.7 Å². The first-order valence-electron chi connectivity index (χ1n) is 10.4. The average molecular weight is 454 g/mol. The Hall–Kier alpha value is -3.75. The zero-order valence-corrected chi connectivity index (χ0v) is 19.8. The first-order valence-corrected chi connectivity index (χ1v) is 10.4. The highest BCUT2D eigenvalue weighted by atomic mass is 19.1. The van der Waals surface area contributed by atoms with Crippen molar-refractivity contribution in [2.75, 3.05) is 5.32 Å². The van der Waals surface area contributed by atoms with Crippen LogP contribution < -0.4 is 10.6 Å². The maximum absolute atomic E-state index is 13.5. The molecule has 33 heavy (non-hydrogen) atoms. The van der Waals surface area contributed by atoms with Gasteiger partial charge in [0.2, 0.25) is 0 Å². The molecule has 2 amide bonds. The highest BCUT2D eigenvalue weighted by Gasteiger charge is 2.32. The predicted molar refractivity (Wildman–Crippen MR) is 123 cm³/mol. The summed E-state index contributed by atoms with van der Waals surface area (Å²) in [6.07, 6.45) is 1.75. The zero-order valence-electron chi connectivity index (χ0n) is 19.8. The third-order valence-corrected chi connectivity index (χ3v) is 5.77. The lowest BCUT2D eigenvalue weighted by Gasteiger charge is -2.23. The lowest BCUT2D eigenvalue weighted by Crippen LogP contribution is -2.45. The summed E-state index contributed by atoms with van der Waals surface area (Å²) in [5.74, 6) is -2.35. The van der Waals surface area contributed by atoms with E-state index in [9.17, 15) is 18.8 Å². The second kappa shape index (κ2) is 8.65. The lowest BCUT2D eigenvalue weighted by molar-refractivity contribution is -0.118. The summed E-state index contributed by atoms with van der Waals surface area (Å²) in [6.45, 7) is 8.42. The van der Waals surface area contributed by atoms with Crippen LogP contribution in [0.2, 0.25) is 0 Å². The van der Waals surface area contributed by atoms with Crippen LogP contribution in [0.25, 0.3) is 0 Å². The van der Waals surface area contributed by atoms with E-state index in [1.54, 1.807) is 70.2 Å². The molecule has 9 heteroatoms. The maximum atomic E-state index is 13.5. The van der Waals surface area contributed by atoms with E-state index >= 15 is 0 Å². The van der Waals surface area contributed by atoms with Crippen LogP contribution in [0.1, 0.15) is 57.2 Å². The summed E-state index contributed by atoms with van der Waals surface area (Å²) in [6, 6.07) is 6.03. The van der Waals surface area contributed by atoms with Crippen LogP contribution in [0.3, 0.4) is 0 Å². The summed E-state index contributed by atoms with van der Waals surface area (Å²) >= 11 is 0. The van der Waals surface area contributed by atoms with Gasteiger partial charge in [0.25, 0.3) is 17.6 Å². The fourth-order valence-corrected chi connectivity index (χ4v) is 3.81. The number of hydrogen-bond donors (Lipinski definition) is 2. The standard InChI is InChI=1S/C24H28FN5O3/c1-13-12-16(8-9-17(13)25)26-22(32)20-14(2)19(15(3)30(20)7)21(31)23(33)27-24(4,5)18-10-11-29(6)28-18/h8-12H,1-7H3,(H,26,32)(H,27,33). The van der Waals surface area contributed by atoms with Gasteiger partial charge < -0.3 is 15.2 Å². The predicted octanol–water partition coefficient (Wildman–Crippen LogP) is 3.31. The molecule has 0 aliphatic heterocycles. The molecule has 0 atom stereocenters. The molecule has 1 aromatic carbocycles. The van der Waals surface area contributed by atoms with Crippen LogP contribution in [-0.2, 0) is 24.4 Å². The fraction of sp³-hybridized carbons (Fsp3) is 0.333. The molecule has 0 spiro atoms. The lowest BCUT2D eigenvalue weighted by atomic mass is 9.99. The molecule has 0 radical (unpaired) electrons. The van der Waals surface area contributed by atoms with Crippen LogP contribution in [-0.4, -0.2) is 31.9 Å². The van der Waals surface area contributed by atoms with Crippen LogP contribution in [0.5, 0.6) is 0 Å². The van der Waals surface area contributed by atoms with Gasteiger partial charge in [-0.15, -0.1) is 0 Å². The highest BCUT2D eigenvalue weighted by Crippen LogP contribution is 2.25. The molecule has 0 aliphatic rings. The number of aromatic nitrogens is 3. The molecule has 2 aromatic heterocycles. The normalized spacial score (nSPS) is 11.4. The van der Waals surface area contributed by atoms with Crippen LogP contribution in [0.4, 0.5) is 10.1 Å². The molecule has 0 unspecified atom stereocenters. The van der Waals surface area contributed by atoms with Gasteiger partial charge in [-0.05, 0) is 70.0 Å². The Balaban J connectivity index is 1.87. The molecule has 2 heterocycles. The smallest absolute Gasteiger partial charge is 0.293 e. The van der Waals surface area contributed by atoms with Crippen molar-refractivity contribution in [1.82, 2.24) is 19.7 Å². The van der Waals surface area contributed by atoms with Crippen molar-refractivity contribution in [2.24, 2.45) is 14.1 Å². The topological polar surface area (TPSA) is 98.0 Å². The number of carbonyl (C=O) groups is 3. The monoisotopic (exact) mass is 453 g/mol. The second-order valence-electron chi connectivity index (χ2n) is 8.69. The number of anilines is 1. The first kappa shape index (κ1) is 23.9. The van der Waals surface area contributed by atoms with E-state index in [-0.39, 0.29) is 17.1 Å². The van der Waals surface area contributed by atoms with E-state index in [1.807, 2.05) is 0 Å². The molecule has 174 valence electrons. The van der Waals surface area contributed by atoms with E-state index in [0.717, 1.165) is 0 Å². The third-order valence-electron chi connectivity index (χ3n) is 5.77. The minimum Gasteiger partial charge on any atom is -0.343 e. The number of nitrogens with zero attached hydrogens (tertiary/aromatic N) is 3. The third kappa shape index (κ3) is 4.57. The molecule has 3 aromatic rings. The number of benzene rings is 1. The number of carbonyl (C=O) groups excluding carboxylic acids is 3. The van der Waals surface area contributed by atoms with E-state index in [4.69, 9.17) is 0 Å². The van der Waals surface area contributed by atoms with Gasteiger partial charge in [0.15, 0.2) is 0 Å². The number of amides is 2. The van der Waals surface area contributed by atoms with Gasteiger partial charge in [-0.1, -0.05) is 0 Å². The summed E-state index contributed by atoms with van der Waals surface area (Å²) in [5, 5.41) is 9.77. The highest BCUT2D eigenvalue weighted by molar-refractivity contribution is 6.43. The van der Waals surface area contributed by atoms with E-state index in [1.165, 1.54) is 18.2 Å². The van der Waals surface area contributed by atoms with Crippen molar-refractivity contribution < 1.29 is 18.8 Å². The number of rotatable bonds is 6. The van der Waals surface area contributed by atoms with E-state index in [0.29, 0.717) is 28.2 Å². The molecule has 0 fully saturated rings. The number of nitrogens with one attached hydrogen (secondary N) is 2. The summed E-state index contributed by atoms with van der Waals surface area (Å²) in [5.41, 5.74) is 1.87. The minimum absolute atomic E-state index is 0.173. The molecule has 2 N–H and O–H groups in total. The largest absolute Gasteiger partial charge is 0.343 e. The molecular weight excluding hydrogens is 425 g/mol. The quantitative estimate of drug-likeness (QED) is 0.442. The Bertz CT molecular complexity index is 1270. The number of hydrogen-bond acceptors (Lipinski definition) is 4. The Labute approximate surface area is 191 Å². The molecule has 0 saturated heterocycles. The Kier molecular flexibility index (Phi) is 6.26. The van der Waals surface area contributed by atoms with Crippen molar-refractivity contribution in [1.29, 1.82) is 0 Å². The minimum atomic E-state index is -0.870. The average Bonchev–Trinajstić information content (AvgIpc) is 3.26. The van der Waals surface area contributed by atoms with Gasteiger partial charge in [-0.2, -0.15) is 5.10 Å². The second-order valence-corrected chi connectivity index (χ2v) is 8.69. The SMILES string of the molecule is Cc1cc(NC(=O)c2c(C)c(C(=O)C(=O)NC(C)(C)c3ccn(C)n3)c(C)n2C)ccc1F. The molecule has 3 rings (SSSR count). The molecule has 0 bridgehead atoms. The number of halogens is 1. The van der Waals surface area contributed by atoms with Gasteiger partial charge in [-0.3, -0.25) is 19.1 Å². The summed E-state index contributed by atoms with van der Waals surface area (Å²) in [7, 11) is 3.42. The van der Waals surface area contributed by atoms with Gasteiger partial charge in [0, 0.05) is 31.7 Å². The van der Waals surface area contributed by atoms with Crippen molar-refractivity contribution >= 4 is 23.3 Å². The number of aryl methyl sites for hydroxylation is 2. The fourth-order valence-electron chi connectivity index (χ4n) is 3.81. The van der Waals surface area contributed by atoms with E-state index < -0.39 is 23.1 Å². The van der Waals surface area contributed by atoms with Gasteiger partial charge in [-0.25, -0.2) is 4.39 Å². The van der Waals surface area contributed by atoms with Crippen molar-refractivity contribution in [2.45, 2.75) is 40.2 Å². The summed E-state index contributed by atoms with van der Waals surface area (Å²) in [4.78, 5) is 38.9. The van der Waals surface area contributed by atoms with Crippen LogP contribution in [0, 0.1) is 26.6 Å². The van der Waals surface area contributed by atoms with Gasteiger partial charge in [0.1, 0.15) is 11.5 Å². The Morgan fingerprint density at radius 1 is 1.06 bits per heavy atom. The Morgan fingerprint density at radius 2 is 1.73 bits per heavy atom. The van der Waals surface area contributed by atoms with Crippen molar-refractivity contribution in [3.05, 3.63) is 70.1 Å². The summed E-state index contributed by atoms with van der Waals surface area (Å²) < 4.78 is 16.7. The molecule has 0 aliphatic carbocycles. The molecule has 8 nitrogen and oxygen atoms in total. The van der Waals surface area contributed by atoms with Gasteiger partial charge >= 0.3 is 0 Å². The van der Waals surface area contributed by atoms with Gasteiger partial charge in [0.05, 0.1) is 16.8 Å². The van der Waals surface area contributed by atoms with Crippen LogP contribution in [0.15, 0.2) is 30.5 Å². The zero-order chi connectivity index (χ0) is 24.7. The first-order chi connectivity index (χ1) is 15.3. The molecule has 0 saturated carbocycles. The Morgan fingerprint density at radius 3 is 2.30 bits per heavy atom. The maximum Gasteiger partial charge on any atom is 0.293 e. The number of ketones is 1. The van der Waals surface area contributed by atoms with Crippen LogP contribution >= 0.6 is 0 Å². The number of Topliss-reactive ketones (excluding diaryl/α,β-unsaturated/α-hetero) is 1.